The Bertz CT molecular complexity index is 887. The molecule has 0 aliphatic carbocycles. The average Bonchev–Trinajstić information content (AvgIpc) is 3.10. The third-order valence-electron chi connectivity index (χ3n) is 4.50. The van der Waals surface area contributed by atoms with Crippen molar-refractivity contribution in [1.82, 2.24) is 9.78 Å². The molecule has 6 heteroatoms. The Morgan fingerprint density at radius 3 is 2.41 bits per heavy atom. The number of halogens is 1. The molecule has 0 saturated carbocycles. The molecule has 1 unspecified atom stereocenters. The molecule has 3 aromatic rings. The molecule has 1 atom stereocenters. The lowest BCUT2D eigenvalue weighted by Crippen LogP contribution is -2.18. The summed E-state index contributed by atoms with van der Waals surface area (Å²) in [6.45, 7) is 4.98. The predicted molar refractivity (Wildman–Crippen MR) is 113 cm³/mol. The molecule has 0 amide bonds. The van der Waals surface area contributed by atoms with E-state index in [1.54, 1.807) is 23.0 Å². The molecule has 0 spiro atoms. The second kappa shape index (κ2) is 8.77. The van der Waals surface area contributed by atoms with Crippen LogP contribution in [0.1, 0.15) is 37.3 Å². The summed E-state index contributed by atoms with van der Waals surface area (Å²) >= 11 is 5.38. The fourth-order valence-electron chi connectivity index (χ4n) is 2.72. The standard InChI is InChI=1S/C21H23FN4S/c1-3-15(2)17-6-10-19(11-7-17)24-21(27)25-20-12-23-26(14-20)13-16-4-8-18(22)9-5-16/h4-12,14-15H,3,13H2,1-2H3,(H2,24,25,27). The van der Waals surface area contributed by atoms with E-state index in [4.69, 9.17) is 12.2 Å². The number of aromatic nitrogens is 2. The van der Waals surface area contributed by atoms with Gasteiger partial charge in [0.15, 0.2) is 5.11 Å². The van der Waals surface area contributed by atoms with Crippen molar-refractivity contribution in [3.8, 4) is 0 Å². The van der Waals surface area contributed by atoms with Crippen LogP contribution in [0.15, 0.2) is 60.9 Å². The number of benzene rings is 2. The van der Waals surface area contributed by atoms with E-state index in [1.807, 2.05) is 18.3 Å². The van der Waals surface area contributed by atoms with E-state index < -0.39 is 0 Å². The van der Waals surface area contributed by atoms with Crippen molar-refractivity contribution in [1.29, 1.82) is 0 Å². The van der Waals surface area contributed by atoms with E-state index in [9.17, 15) is 4.39 Å². The third-order valence-corrected chi connectivity index (χ3v) is 4.70. The van der Waals surface area contributed by atoms with Gasteiger partial charge in [-0.1, -0.05) is 38.1 Å². The van der Waals surface area contributed by atoms with Gasteiger partial charge in [-0.05, 0) is 59.9 Å². The lowest BCUT2D eigenvalue weighted by atomic mass is 9.99. The fraction of sp³-hybridized carbons (Fsp3) is 0.238. The molecule has 0 saturated heterocycles. The first-order valence-electron chi connectivity index (χ1n) is 8.98. The molecule has 140 valence electrons. The largest absolute Gasteiger partial charge is 0.332 e. The van der Waals surface area contributed by atoms with Crippen molar-refractivity contribution < 1.29 is 4.39 Å². The van der Waals surface area contributed by atoms with Crippen LogP contribution < -0.4 is 10.6 Å². The van der Waals surface area contributed by atoms with E-state index in [1.165, 1.54) is 17.7 Å². The molecule has 1 heterocycles. The summed E-state index contributed by atoms with van der Waals surface area (Å²) in [6, 6.07) is 14.7. The topological polar surface area (TPSA) is 41.9 Å². The van der Waals surface area contributed by atoms with Crippen molar-refractivity contribution in [3.05, 3.63) is 77.9 Å². The minimum absolute atomic E-state index is 0.241. The Labute approximate surface area is 164 Å². The van der Waals surface area contributed by atoms with Crippen LogP contribution in [-0.4, -0.2) is 14.9 Å². The highest BCUT2D eigenvalue weighted by atomic mass is 32.1. The number of rotatable bonds is 6. The number of nitrogens with one attached hydrogen (secondary N) is 2. The number of nitrogens with zero attached hydrogens (tertiary/aromatic N) is 2. The van der Waals surface area contributed by atoms with Gasteiger partial charge < -0.3 is 10.6 Å². The lowest BCUT2D eigenvalue weighted by molar-refractivity contribution is 0.624. The van der Waals surface area contributed by atoms with Gasteiger partial charge in [-0.3, -0.25) is 4.68 Å². The molecule has 1 aromatic heterocycles. The highest BCUT2D eigenvalue weighted by Crippen LogP contribution is 2.20. The molecular formula is C21H23FN4S. The van der Waals surface area contributed by atoms with Crippen LogP contribution in [0.5, 0.6) is 0 Å². The van der Waals surface area contributed by atoms with Gasteiger partial charge in [0.2, 0.25) is 0 Å². The Morgan fingerprint density at radius 2 is 1.74 bits per heavy atom. The molecule has 0 aliphatic heterocycles. The SMILES string of the molecule is CCC(C)c1ccc(NC(=S)Nc2cnn(Cc3ccc(F)cc3)c2)cc1. The second-order valence-electron chi connectivity index (χ2n) is 6.56. The van der Waals surface area contributed by atoms with Crippen molar-refractivity contribution in [2.45, 2.75) is 32.7 Å². The zero-order valence-electron chi connectivity index (χ0n) is 15.4. The van der Waals surface area contributed by atoms with Gasteiger partial charge in [0, 0.05) is 11.9 Å². The summed E-state index contributed by atoms with van der Waals surface area (Å²) in [7, 11) is 0. The van der Waals surface area contributed by atoms with Gasteiger partial charge in [-0.25, -0.2) is 4.39 Å². The van der Waals surface area contributed by atoms with Crippen LogP contribution in [0, 0.1) is 5.82 Å². The summed E-state index contributed by atoms with van der Waals surface area (Å²) in [5, 5.41) is 11.1. The molecule has 4 nitrogen and oxygen atoms in total. The van der Waals surface area contributed by atoms with Gasteiger partial charge in [0.1, 0.15) is 5.82 Å². The Hall–Kier alpha value is -2.73. The van der Waals surface area contributed by atoms with Crippen LogP contribution in [0.4, 0.5) is 15.8 Å². The number of thiocarbonyl (C=S) groups is 1. The van der Waals surface area contributed by atoms with Gasteiger partial charge in [0.05, 0.1) is 18.4 Å². The van der Waals surface area contributed by atoms with Crippen molar-refractivity contribution in [2.75, 3.05) is 10.6 Å². The molecule has 2 aromatic carbocycles. The summed E-state index contributed by atoms with van der Waals surface area (Å²) in [5.41, 5.74) is 4.04. The Balaban J connectivity index is 1.55. The van der Waals surface area contributed by atoms with Crippen molar-refractivity contribution >= 4 is 28.7 Å². The van der Waals surface area contributed by atoms with Crippen LogP contribution in [0.3, 0.4) is 0 Å². The zero-order valence-corrected chi connectivity index (χ0v) is 16.3. The molecule has 0 bridgehead atoms. The maximum Gasteiger partial charge on any atom is 0.175 e. The van der Waals surface area contributed by atoms with Crippen LogP contribution in [0.2, 0.25) is 0 Å². The average molecular weight is 383 g/mol. The van der Waals surface area contributed by atoms with Crippen molar-refractivity contribution in [3.63, 3.8) is 0 Å². The first-order chi connectivity index (χ1) is 13.0. The van der Waals surface area contributed by atoms with Crippen LogP contribution >= 0.6 is 12.2 Å². The summed E-state index contributed by atoms with van der Waals surface area (Å²) in [4.78, 5) is 0. The quantitative estimate of drug-likeness (QED) is 0.561. The molecule has 27 heavy (non-hydrogen) atoms. The maximum atomic E-state index is 13.0. The molecule has 0 aliphatic rings. The van der Waals surface area contributed by atoms with Gasteiger partial charge >= 0.3 is 0 Å². The number of hydrogen-bond donors (Lipinski definition) is 2. The van der Waals surface area contributed by atoms with E-state index in [0.29, 0.717) is 17.6 Å². The number of hydrogen-bond acceptors (Lipinski definition) is 2. The summed E-state index contributed by atoms with van der Waals surface area (Å²) in [6.07, 6.45) is 4.70. The smallest absolute Gasteiger partial charge is 0.175 e. The van der Waals surface area contributed by atoms with Gasteiger partial charge in [-0.2, -0.15) is 5.10 Å². The van der Waals surface area contributed by atoms with E-state index in [-0.39, 0.29) is 5.82 Å². The molecule has 0 radical (unpaired) electrons. The van der Waals surface area contributed by atoms with Gasteiger partial charge in [0.25, 0.3) is 0 Å². The van der Waals surface area contributed by atoms with Crippen LogP contribution in [-0.2, 0) is 6.54 Å². The summed E-state index contributed by atoms with van der Waals surface area (Å²) in [5.74, 6) is 0.311. The van der Waals surface area contributed by atoms with E-state index in [2.05, 4.69) is 41.7 Å². The van der Waals surface area contributed by atoms with Gasteiger partial charge in [-0.15, -0.1) is 0 Å². The second-order valence-corrected chi connectivity index (χ2v) is 6.97. The fourth-order valence-corrected chi connectivity index (χ4v) is 2.95. The third kappa shape index (κ3) is 5.37. The first kappa shape index (κ1) is 19.0. The molecule has 0 fully saturated rings. The first-order valence-corrected chi connectivity index (χ1v) is 9.39. The molecular weight excluding hydrogens is 359 g/mol. The monoisotopic (exact) mass is 382 g/mol. The number of anilines is 2. The Kier molecular flexibility index (Phi) is 6.19. The Morgan fingerprint density at radius 1 is 1.07 bits per heavy atom. The zero-order chi connectivity index (χ0) is 19.2. The minimum Gasteiger partial charge on any atom is -0.332 e. The lowest BCUT2D eigenvalue weighted by Gasteiger charge is -2.12. The maximum absolute atomic E-state index is 13.0. The highest BCUT2D eigenvalue weighted by molar-refractivity contribution is 7.80. The summed E-state index contributed by atoms with van der Waals surface area (Å²) < 4.78 is 14.8. The predicted octanol–water partition coefficient (Wildman–Crippen LogP) is 5.39. The van der Waals surface area contributed by atoms with E-state index in [0.717, 1.165) is 23.4 Å². The highest BCUT2D eigenvalue weighted by Gasteiger charge is 2.05. The van der Waals surface area contributed by atoms with Crippen LogP contribution in [0.25, 0.3) is 0 Å². The van der Waals surface area contributed by atoms with Crippen molar-refractivity contribution in [2.24, 2.45) is 0 Å². The molecule has 3 rings (SSSR count). The molecule has 2 N–H and O–H groups in total. The van der Waals surface area contributed by atoms with E-state index >= 15 is 0 Å². The normalized spacial score (nSPS) is 11.8. The minimum atomic E-state index is -0.241.